The first-order valence-corrected chi connectivity index (χ1v) is 12.6. The Morgan fingerprint density at radius 1 is 0.853 bits per heavy atom. The van der Waals surface area contributed by atoms with E-state index in [0.29, 0.717) is 6.42 Å². The molecule has 5 rings (SSSR count). The molecule has 1 aliphatic heterocycles. The smallest absolute Gasteiger partial charge is 0.0906 e. The van der Waals surface area contributed by atoms with E-state index in [1.165, 1.54) is 62.1 Å². The number of hydrogen-bond donors (Lipinski definition) is 0. The third kappa shape index (κ3) is 4.65. The predicted octanol–water partition coefficient (Wildman–Crippen LogP) is 7.66. The molecule has 0 radical (unpaired) electrons. The summed E-state index contributed by atoms with van der Waals surface area (Å²) >= 11 is 0. The van der Waals surface area contributed by atoms with Gasteiger partial charge in [-0.2, -0.15) is 0 Å². The van der Waals surface area contributed by atoms with Crippen LogP contribution in [0.4, 0.5) is 4.39 Å². The summed E-state index contributed by atoms with van der Waals surface area (Å²) in [7, 11) is 0. The second-order valence-corrected chi connectivity index (χ2v) is 9.81. The van der Waals surface area contributed by atoms with Crippen molar-refractivity contribution in [2.24, 2.45) is 0 Å². The highest BCUT2D eigenvalue weighted by atomic mass is 19.1. The van der Waals surface area contributed by atoms with Crippen molar-refractivity contribution in [2.45, 2.75) is 39.5 Å². The van der Waals surface area contributed by atoms with Crippen LogP contribution in [-0.2, 0) is 6.42 Å². The van der Waals surface area contributed by atoms with Gasteiger partial charge in [0.05, 0.1) is 6.67 Å². The van der Waals surface area contributed by atoms with Crippen molar-refractivity contribution < 1.29 is 4.39 Å². The molecule has 0 unspecified atom stereocenters. The number of rotatable bonds is 6. The SMILES string of the molecule is Cc1cccc(C)c1C1=C(c2ccc(C=C3CN(CCCF)C3)cc2)c2ccccc2CCC1. The molecule has 0 amide bonds. The molecule has 2 aliphatic rings. The van der Waals surface area contributed by atoms with Gasteiger partial charge in [0.15, 0.2) is 0 Å². The summed E-state index contributed by atoms with van der Waals surface area (Å²) in [5.41, 5.74) is 13.8. The summed E-state index contributed by atoms with van der Waals surface area (Å²) in [6, 6.07) is 24.7. The Morgan fingerprint density at radius 3 is 2.32 bits per heavy atom. The molecule has 0 atom stereocenters. The number of fused-ring (bicyclic) bond motifs is 1. The van der Waals surface area contributed by atoms with Crippen molar-refractivity contribution in [1.82, 2.24) is 4.90 Å². The lowest BCUT2D eigenvalue weighted by atomic mass is 9.84. The molecule has 1 aliphatic carbocycles. The first-order chi connectivity index (χ1) is 16.6. The molecule has 34 heavy (non-hydrogen) atoms. The normalized spacial score (nSPS) is 16.1. The summed E-state index contributed by atoms with van der Waals surface area (Å²) in [6.07, 6.45) is 6.33. The number of likely N-dealkylation sites (tertiary alicyclic amines) is 1. The average Bonchev–Trinajstić information content (AvgIpc) is 3.00. The second-order valence-electron chi connectivity index (χ2n) is 9.81. The van der Waals surface area contributed by atoms with Gasteiger partial charge in [0.1, 0.15) is 0 Å². The Balaban J connectivity index is 1.53. The van der Waals surface area contributed by atoms with Gasteiger partial charge in [0.2, 0.25) is 0 Å². The molecule has 0 aromatic heterocycles. The quantitative estimate of drug-likeness (QED) is 0.372. The summed E-state index contributed by atoms with van der Waals surface area (Å²) in [5.74, 6) is 0. The number of aryl methyl sites for hydroxylation is 3. The van der Waals surface area contributed by atoms with Gasteiger partial charge >= 0.3 is 0 Å². The van der Waals surface area contributed by atoms with Gasteiger partial charge in [-0.25, -0.2) is 0 Å². The van der Waals surface area contributed by atoms with Gasteiger partial charge in [-0.3, -0.25) is 9.29 Å². The molecule has 1 fully saturated rings. The van der Waals surface area contributed by atoms with Gasteiger partial charge in [-0.15, -0.1) is 0 Å². The van der Waals surface area contributed by atoms with Crippen LogP contribution < -0.4 is 0 Å². The fraction of sp³-hybridized carbons (Fsp3) is 0.312. The van der Waals surface area contributed by atoms with Crippen LogP contribution in [0.5, 0.6) is 0 Å². The first kappa shape index (κ1) is 22.8. The first-order valence-electron chi connectivity index (χ1n) is 12.6. The summed E-state index contributed by atoms with van der Waals surface area (Å²) in [6.45, 7) is 7.07. The Kier molecular flexibility index (Phi) is 6.78. The van der Waals surface area contributed by atoms with Crippen molar-refractivity contribution in [3.8, 4) is 0 Å². The molecule has 3 aromatic carbocycles. The lowest BCUT2D eigenvalue weighted by molar-refractivity contribution is 0.239. The van der Waals surface area contributed by atoms with Gasteiger partial charge in [0, 0.05) is 19.6 Å². The maximum atomic E-state index is 12.4. The van der Waals surface area contributed by atoms with Crippen LogP contribution in [0.1, 0.15) is 58.2 Å². The summed E-state index contributed by atoms with van der Waals surface area (Å²) < 4.78 is 12.4. The minimum atomic E-state index is -0.222. The van der Waals surface area contributed by atoms with E-state index < -0.39 is 0 Å². The van der Waals surface area contributed by atoms with Crippen LogP contribution in [0.3, 0.4) is 0 Å². The van der Waals surface area contributed by atoms with Gasteiger partial charge in [0.25, 0.3) is 0 Å². The Bertz CT molecular complexity index is 1200. The maximum Gasteiger partial charge on any atom is 0.0906 e. The molecular formula is C32H34FN. The highest BCUT2D eigenvalue weighted by molar-refractivity contribution is 6.01. The zero-order chi connectivity index (χ0) is 23.5. The molecule has 1 heterocycles. The fourth-order valence-corrected chi connectivity index (χ4v) is 5.64. The van der Waals surface area contributed by atoms with Crippen LogP contribution in [0.2, 0.25) is 0 Å². The van der Waals surface area contributed by atoms with Gasteiger partial charge < -0.3 is 0 Å². The lowest BCUT2D eigenvalue weighted by Crippen LogP contribution is -2.40. The number of hydrogen-bond acceptors (Lipinski definition) is 1. The van der Waals surface area contributed by atoms with E-state index in [1.807, 2.05) is 0 Å². The standard InChI is InChI=1S/C32H34FN/c1-23-8-5-9-24(2)31(23)30-13-6-11-27-10-3-4-12-29(27)32(30)28-16-14-25(15-17-28)20-26-21-34(22-26)19-7-18-33/h3-5,8-10,12,14-17,20H,6-7,11,13,18-19,21-22H2,1-2H3. The van der Waals surface area contributed by atoms with Crippen molar-refractivity contribution in [1.29, 1.82) is 0 Å². The van der Waals surface area contributed by atoms with Crippen LogP contribution in [0, 0.1) is 13.8 Å². The van der Waals surface area contributed by atoms with Crippen LogP contribution in [-0.4, -0.2) is 31.2 Å². The third-order valence-electron chi connectivity index (χ3n) is 7.28. The fourth-order valence-electron chi connectivity index (χ4n) is 5.64. The van der Waals surface area contributed by atoms with Gasteiger partial charge in [-0.1, -0.05) is 72.8 Å². The number of alkyl halides is 1. The van der Waals surface area contributed by atoms with E-state index in [4.69, 9.17) is 0 Å². The number of halogens is 1. The van der Waals surface area contributed by atoms with Gasteiger partial charge in [-0.05, 0) is 95.2 Å². The predicted molar refractivity (Wildman–Crippen MR) is 143 cm³/mol. The minimum absolute atomic E-state index is 0.222. The monoisotopic (exact) mass is 451 g/mol. The molecule has 0 bridgehead atoms. The van der Waals surface area contributed by atoms with E-state index in [1.54, 1.807) is 0 Å². The van der Waals surface area contributed by atoms with E-state index >= 15 is 0 Å². The molecule has 0 saturated carbocycles. The lowest BCUT2D eigenvalue weighted by Gasteiger charge is -2.33. The summed E-state index contributed by atoms with van der Waals surface area (Å²) in [5, 5.41) is 0. The number of allylic oxidation sites excluding steroid dienone is 1. The Hall–Kier alpha value is -2.97. The highest BCUT2D eigenvalue weighted by Crippen LogP contribution is 2.41. The molecule has 1 nitrogen and oxygen atoms in total. The van der Waals surface area contributed by atoms with Crippen molar-refractivity contribution in [2.75, 3.05) is 26.3 Å². The molecular weight excluding hydrogens is 417 g/mol. The van der Waals surface area contributed by atoms with E-state index in [2.05, 4.69) is 91.6 Å². The molecule has 0 spiro atoms. The topological polar surface area (TPSA) is 3.24 Å². The largest absolute Gasteiger partial charge is 0.295 e. The Labute approximate surface area is 203 Å². The summed E-state index contributed by atoms with van der Waals surface area (Å²) in [4.78, 5) is 2.31. The zero-order valence-electron chi connectivity index (χ0n) is 20.4. The number of benzene rings is 3. The molecule has 0 N–H and O–H groups in total. The molecule has 1 saturated heterocycles. The second kappa shape index (κ2) is 10.1. The van der Waals surface area contributed by atoms with Crippen molar-refractivity contribution in [3.05, 3.63) is 111 Å². The van der Waals surface area contributed by atoms with Crippen LogP contribution >= 0.6 is 0 Å². The van der Waals surface area contributed by atoms with E-state index in [0.717, 1.165) is 32.5 Å². The Morgan fingerprint density at radius 2 is 1.59 bits per heavy atom. The maximum absolute atomic E-state index is 12.4. The molecule has 2 heteroatoms. The van der Waals surface area contributed by atoms with Crippen LogP contribution in [0.15, 0.2) is 72.3 Å². The zero-order valence-corrected chi connectivity index (χ0v) is 20.4. The molecule has 3 aromatic rings. The number of nitrogens with zero attached hydrogens (tertiary/aromatic N) is 1. The molecule has 174 valence electrons. The third-order valence-corrected chi connectivity index (χ3v) is 7.28. The van der Waals surface area contributed by atoms with E-state index in [9.17, 15) is 4.39 Å². The average molecular weight is 452 g/mol. The van der Waals surface area contributed by atoms with Crippen LogP contribution in [0.25, 0.3) is 17.2 Å². The van der Waals surface area contributed by atoms with E-state index in [-0.39, 0.29) is 6.67 Å². The minimum Gasteiger partial charge on any atom is -0.295 e. The van der Waals surface area contributed by atoms with Crippen molar-refractivity contribution >= 4 is 17.2 Å². The highest BCUT2D eigenvalue weighted by Gasteiger charge is 2.22. The van der Waals surface area contributed by atoms with Crippen molar-refractivity contribution in [3.63, 3.8) is 0 Å².